The Balaban J connectivity index is 3.03. The van der Waals surface area contributed by atoms with Crippen molar-refractivity contribution >= 4 is 11.9 Å². The number of carboxylic acids is 1. The minimum atomic E-state index is -1.08. The van der Waals surface area contributed by atoms with Crippen LogP contribution in [0.25, 0.3) is 0 Å². The largest absolute Gasteiger partial charge is 0.480 e. The first-order valence-corrected chi connectivity index (χ1v) is 6.01. The van der Waals surface area contributed by atoms with Gasteiger partial charge in [0.05, 0.1) is 0 Å². The smallest absolute Gasteiger partial charge is 0.323 e. The number of amides is 1. The van der Waals surface area contributed by atoms with Gasteiger partial charge in [-0.05, 0) is 12.8 Å². The van der Waals surface area contributed by atoms with Crippen LogP contribution in [-0.2, 0) is 4.79 Å². The summed E-state index contributed by atoms with van der Waals surface area (Å²) in [6.45, 7) is 5.39. The van der Waals surface area contributed by atoms with Crippen LogP contribution in [0.3, 0.4) is 0 Å². The number of carbonyl (C=O) groups is 2. The van der Waals surface area contributed by atoms with E-state index < -0.39 is 11.9 Å². The van der Waals surface area contributed by atoms with Crippen LogP contribution in [0.15, 0.2) is 16.9 Å². The maximum atomic E-state index is 12.2. The van der Waals surface area contributed by atoms with Crippen LogP contribution in [0.4, 0.5) is 0 Å². The van der Waals surface area contributed by atoms with Gasteiger partial charge in [-0.3, -0.25) is 14.4 Å². The molecule has 0 aromatic carbocycles. The molecule has 1 heterocycles. The van der Waals surface area contributed by atoms with E-state index in [1.807, 2.05) is 13.8 Å². The summed E-state index contributed by atoms with van der Waals surface area (Å²) in [4.78, 5) is 38.4. The SMILES string of the molecule is Cc1cc(=O)cc(C(=O)N(CC(=O)O)CC(C)C)[nH]1. The second-order valence-corrected chi connectivity index (χ2v) is 4.89. The number of H-pyrrole nitrogens is 1. The molecule has 0 bridgehead atoms. The van der Waals surface area contributed by atoms with Gasteiger partial charge >= 0.3 is 5.97 Å². The monoisotopic (exact) mass is 266 g/mol. The van der Waals surface area contributed by atoms with Crippen LogP contribution in [0, 0.1) is 12.8 Å². The molecule has 0 spiro atoms. The van der Waals surface area contributed by atoms with Crippen molar-refractivity contribution in [2.24, 2.45) is 5.92 Å². The molecule has 0 saturated carbocycles. The summed E-state index contributed by atoms with van der Waals surface area (Å²) in [5, 5.41) is 8.84. The number of nitrogens with one attached hydrogen (secondary N) is 1. The molecule has 19 heavy (non-hydrogen) atoms. The number of hydrogen-bond donors (Lipinski definition) is 2. The van der Waals surface area contributed by atoms with Crippen molar-refractivity contribution in [3.05, 3.63) is 33.7 Å². The molecule has 6 nitrogen and oxygen atoms in total. The van der Waals surface area contributed by atoms with E-state index in [0.29, 0.717) is 12.2 Å². The number of aromatic amines is 1. The summed E-state index contributed by atoms with van der Waals surface area (Å²) in [7, 11) is 0. The first kappa shape index (κ1) is 14.9. The fraction of sp³-hybridized carbons (Fsp3) is 0.462. The highest BCUT2D eigenvalue weighted by molar-refractivity contribution is 5.94. The lowest BCUT2D eigenvalue weighted by Crippen LogP contribution is -2.39. The predicted octanol–water partition coefficient (Wildman–Crippen LogP) is 0.866. The van der Waals surface area contributed by atoms with E-state index in [9.17, 15) is 14.4 Å². The van der Waals surface area contributed by atoms with Crippen LogP contribution in [0.1, 0.15) is 30.0 Å². The van der Waals surface area contributed by atoms with E-state index in [2.05, 4.69) is 4.98 Å². The van der Waals surface area contributed by atoms with Crippen molar-refractivity contribution < 1.29 is 14.7 Å². The molecule has 1 amide bonds. The Kier molecular flexibility index (Phi) is 4.86. The molecule has 0 aliphatic rings. The number of carbonyl (C=O) groups excluding carboxylic acids is 1. The Morgan fingerprint density at radius 2 is 2.00 bits per heavy atom. The van der Waals surface area contributed by atoms with Gasteiger partial charge in [-0.2, -0.15) is 0 Å². The number of carboxylic acid groups (broad SMARTS) is 1. The first-order chi connectivity index (χ1) is 8.79. The molecule has 1 rings (SSSR count). The van der Waals surface area contributed by atoms with E-state index in [-0.39, 0.29) is 23.6 Å². The average molecular weight is 266 g/mol. The van der Waals surface area contributed by atoms with Crippen molar-refractivity contribution in [3.8, 4) is 0 Å². The van der Waals surface area contributed by atoms with Gasteiger partial charge in [-0.25, -0.2) is 0 Å². The summed E-state index contributed by atoms with van der Waals surface area (Å²) in [5.41, 5.74) is 0.405. The summed E-state index contributed by atoms with van der Waals surface area (Å²) >= 11 is 0. The van der Waals surface area contributed by atoms with Crippen LogP contribution in [0.2, 0.25) is 0 Å². The molecule has 104 valence electrons. The third-order valence-corrected chi connectivity index (χ3v) is 2.41. The number of rotatable bonds is 5. The number of aliphatic carboxylic acids is 1. The van der Waals surface area contributed by atoms with E-state index >= 15 is 0 Å². The van der Waals surface area contributed by atoms with Gasteiger partial charge in [0.15, 0.2) is 5.43 Å². The van der Waals surface area contributed by atoms with Gasteiger partial charge in [-0.15, -0.1) is 0 Å². The van der Waals surface area contributed by atoms with E-state index in [1.54, 1.807) is 6.92 Å². The highest BCUT2D eigenvalue weighted by Crippen LogP contribution is 2.05. The third-order valence-electron chi connectivity index (χ3n) is 2.41. The van der Waals surface area contributed by atoms with Crippen molar-refractivity contribution in [3.63, 3.8) is 0 Å². The topological polar surface area (TPSA) is 90.5 Å². The Morgan fingerprint density at radius 3 is 2.47 bits per heavy atom. The van der Waals surface area contributed by atoms with Crippen molar-refractivity contribution in [2.75, 3.05) is 13.1 Å². The lowest BCUT2D eigenvalue weighted by atomic mass is 10.2. The zero-order chi connectivity index (χ0) is 14.6. The standard InChI is InChI=1S/C13H18N2O4/c1-8(2)6-15(7-12(17)18)13(19)11-5-10(16)4-9(3)14-11/h4-5,8H,6-7H2,1-3H3,(H,14,16)(H,17,18). The average Bonchev–Trinajstić information content (AvgIpc) is 2.24. The number of nitrogens with zero attached hydrogens (tertiary/aromatic N) is 1. The zero-order valence-corrected chi connectivity index (χ0v) is 11.3. The molecule has 0 aliphatic carbocycles. The van der Waals surface area contributed by atoms with Gasteiger partial charge in [-0.1, -0.05) is 13.8 Å². The van der Waals surface area contributed by atoms with E-state index in [4.69, 9.17) is 5.11 Å². The predicted molar refractivity (Wildman–Crippen MR) is 70.2 cm³/mol. The number of hydrogen-bond acceptors (Lipinski definition) is 3. The molecular weight excluding hydrogens is 248 g/mol. The fourth-order valence-electron chi connectivity index (χ4n) is 1.79. The fourth-order valence-corrected chi connectivity index (χ4v) is 1.79. The second-order valence-electron chi connectivity index (χ2n) is 4.89. The van der Waals surface area contributed by atoms with Gasteiger partial charge in [0, 0.05) is 24.4 Å². The Hall–Kier alpha value is -2.11. The van der Waals surface area contributed by atoms with E-state index in [1.165, 1.54) is 17.0 Å². The highest BCUT2D eigenvalue weighted by Gasteiger charge is 2.20. The van der Waals surface area contributed by atoms with Crippen LogP contribution >= 0.6 is 0 Å². The van der Waals surface area contributed by atoms with Gasteiger partial charge in [0.2, 0.25) is 0 Å². The maximum Gasteiger partial charge on any atom is 0.323 e. The van der Waals surface area contributed by atoms with Crippen molar-refractivity contribution in [1.29, 1.82) is 0 Å². The van der Waals surface area contributed by atoms with E-state index in [0.717, 1.165) is 0 Å². The molecule has 0 fully saturated rings. The highest BCUT2D eigenvalue weighted by atomic mass is 16.4. The third kappa shape index (κ3) is 4.57. The van der Waals surface area contributed by atoms with Crippen LogP contribution < -0.4 is 5.43 Å². The normalized spacial score (nSPS) is 10.5. The minimum Gasteiger partial charge on any atom is -0.480 e. The minimum absolute atomic E-state index is 0.118. The summed E-state index contributed by atoms with van der Waals surface area (Å²) in [6, 6.07) is 2.56. The van der Waals surface area contributed by atoms with Gasteiger partial charge < -0.3 is 15.0 Å². The summed E-state index contributed by atoms with van der Waals surface area (Å²) in [6.07, 6.45) is 0. The Labute approximate surface area is 111 Å². The van der Waals surface area contributed by atoms with Crippen LogP contribution in [0.5, 0.6) is 0 Å². The van der Waals surface area contributed by atoms with Gasteiger partial charge in [0.25, 0.3) is 5.91 Å². The quantitative estimate of drug-likeness (QED) is 0.827. The number of aromatic nitrogens is 1. The number of aryl methyl sites for hydroxylation is 1. The summed E-state index contributed by atoms with van der Waals surface area (Å²) in [5.74, 6) is -1.42. The zero-order valence-electron chi connectivity index (χ0n) is 11.3. The molecule has 0 saturated heterocycles. The molecular formula is C13H18N2O4. The molecule has 6 heteroatoms. The molecule has 0 unspecified atom stereocenters. The maximum absolute atomic E-state index is 12.2. The van der Waals surface area contributed by atoms with Crippen molar-refractivity contribution in [2.45, 2.75) is 20.8 Å². The first-order valence-electron chi connectivity index (χ1n) is 6.01. The van der Waals surface area contributed by atoms with Crippen molar-refractivity contribution in [1.82, 2.24) is 9.88 Å². The number of pyridine rings is 1. The Morgan fingerprint density at radius 1 is 1.37 bits per heavy atom. The lowest BCUT2D eigenvalue weighted by Gasteiger charge is -2.22. The second kappa shape index (κ2) is 6.17. The molecule has 1 aromatic heterocycles. The van der Waals surface area contributed by atoms with Gasteiger partial charge in [0.1, 0.15) is 12.2 Å². The molecule has 1 aromatic rings. The summed E-state index contributed by atoms with van der Waals surface area (Å²) < 4.78 is 0. The lowest BCUT2D eigenvalue weighted by molar-refractivity contribution is -0.137. The van der Waals surface area contributed by atoms with Crippen LogP contribution in [-0.4, -0.2) is 40.0 Å². The molecule has 2 N–H and O–H groups in total. The molecule has 0 radical (unpaired) electrons. The molecule has 0 atom stereocenters. The molecule has 0 aliphatic heterocycles. The Bertz CT molecular complexity index is 534.